The van der Waals surface area contributed by atoms with Crippen molar-refractivity contribution in [3.63, 3.8) is 0 Å². The number of rotatable bonds is 4. The average Bonchev–Trinajstić information content (AvgIpc) is 2.46. The minimum Gasteiger partial charge on any atom is -0.494 e. The van der Waals surface area contributed by atoms with E-state index in [9.17, 15) is 17.6 Å². The van der Waals surface area contributed by atoms with Crippen molar-refractivity contribution < 1.29 is 27.0 Å². The first-order valence-corrected chi connectivity index (χ1v) is 6.25. The maximum absolute atomic E-state index is 14.1. The lowest BCUT2D eigenvalue weighted by Crippen LogP contribution is -2.17. The van der Waals surface area contributed by atoms with Crippen molar-refractivity contribution in [2.45, 2.75) is 12.4 Å². The van der Waals surface area contributed by atoms with Crippen LogP contribution in [0.3, 0.4) is 0 Å². The predicted octanol–water partition coefficient (Wildman–Crippen LogP) is 4.20. The summed E-state index contributed by atoms with van der Waals surface area (Å²) in [5.74, 6) is -0.923. The fourth-order valence-corrected chi connectivity index (χ4v) is 1.98. The van der Waals surface area contributed by atoms with Crippen LogP contribution in [0.4, 0.5) is 17.6 Å². The molecule has 0 amide bonds. The summed E-state index contributed by atoms with van der Waals surface area (Å²) in [5, 5.41) is 0. The van der Waals surface area contributed by atoms with Gasteiger partial charge in [0.05, 0.1) is 13.2 Å². The van der Waals surface area contributed by atoms with E-state index in [1.165, 1.54) is 31.4 Å². The Labute approximate surface area is 136 Å². The molecule has 0 spiro atoms. The lowest BCUT2D eigenvalue weighted by molar-refractivity contribution is -0.274. The molecule has 0 saturated heterocycles. The third-order valence-electron chi connectivity index (χ3n) is 3.02. The highest BCUT2D eigenvalue weighted by Gasteiger charge is 2.31. The molecule has 126 valence electrons. The monoisotopic (exact) mass is 351 g/mol. The molecule has 0 aliphatic heterocycles. The molecule has 2 aromatic carbocycles. The van der Waals surface area contributed by atoms with E-state index in [1.807, 2.05) is 0 Å². The summed E-state index contributed by atoms with van der Waals surface area (Å²) in [5.41, 5.74) is 6.59. The molecule has 23 heavy (non-hydrogen) atoms. The zero-order valence-electron chi connectivity index (χ0n) is 11.9. The predicted molar refractivity (Wildman–Crippen MR) is 79.4 cm³/mol. The van der Waals surface area contributed by atoms with Crippen molar-refractivity contribution in [1.29, 1.82) is 0 Å². The molecule has 0 bridgehead atoms. The molecule has 3 nitrogen and oxygen atoms in total. The Morgan fingerprint density at radius 3 is 2.17 bits per heavy atom. The summed E-state index contributed by atoms with van der Waals surface area (Å²) in [6, 6.07) is 8.64. The van der Waals surface area contributed by atoms with Gasteiger partial charge in [0.2, 0.25) is 0 Å². The molecule has 0 unspecified atom stereocenters. The number of alkyl halides is 3. The Balaban J connectivity index is 0.00000264. The van der Waals surface area contributed by atoms with E-state index in [-0.39, 0.29) is 29.5 Å². The first-order valence-electron chi connectivity index (χ1n) is 6.25. The number of hydrogen-bond donors (Lipinski definition) is 1. The Bertz CT molecular complexity index is 647. The van der Waals surface area contributed by atoms with E-state index < -0.39 is 18.2 Å². The molecular formula is C15H14ClF4NO2. The van der Waals surface area contributed by atoms with Crippen LogP contribution in [-0.4, -0.2) is 13.5 Å². The Kier molecular flexibility index (Phi) is 6.23. The zero-order valence-corrected chi connectivity index (χ0v) is 12.7. The molecule has 2 aromatic rings. The molecule has 0 radical (unpaired) electrons. The van der Waals surface area contributed by atoms with Crippen LogP contribution in [0.1, 0.15) is 17.2 Å². The molecule has 1 atom stereocenters. The smallest absolute Gasteiger partial charge is 0.494 e. The first kappa shape index (κ1) is 19.1. The molecule has 0 fully saturated rings. The van der Waals surface area contributed by atoms with E-state index in [0.717, 1.165) is 12.1 Å². The van der Waals surface area contributed by atoms with Crippen LogP contribution in [0.5, 0.6) is 11.5 Å². The second-order valence-electron chi connectivity index (χ2n) is 4.46. The number of hydrogen-bond acceptors (Lipinski definition) is 3. The van der Waals surface area contributed by atoms with E-state index in [2.05, 4.69) is 4.74 Å². The van der Waals surface area contributed by atoms with Gasteiger partial charge in [0.1, 0.15) is 5.75 Å². The van der Waals surface area contributed by atoms with E-state index in [0.29, 0.717) is 5.56 Å². The van der Waals surface area contributed by atoms with Crippen LogP contribution >= 0.6 is 12.4 Å². The Hall–Kier alpha value is -1.99. The molecule has 0 aromatic heterocycles. The van der Waals surface area contributed by atoms with Crippen molar-refractivity contribution in [3.05, 3.63) is 59.4 Å². The molecule has 2 rings (SSSR count). The van der Waals surface area contributed by atoms with Gasteiger partial charge in [-0.05, 0) is 23.8 Å². The van der Waals surface area contributed by atoms with E-state index >= 15 is 0 Å². The molecule has 0 aliphatic rings. The lowest BCUT2D eigenvalue weighted by atomic mass is 9.99. The number of methoxy groups -OCH3 is 1. The Morgan fingerprint density at radius 2 is 1.65 bits per heavy atom. The highest BCUT2D eigenvalue weighted by molar-refractivity contribution is 5.85. The van der Waals surface area contributed by atoms with Crippen LogP contribution in [0.15, 0.2) is 42.5 Å². The van der Waals surface area contributed by atoms with Crippen LogP contribution in [-0.2, 0) is 0 Å². The second-order valence-corrected chi connectivity index (χ2v) is 4.46. The quantitative estimate of drug-likeness (QED) is 0.839. The van der Waals surface area contributed by atoms with Crippen LogP contribution in [0.2, 0.25) is 0 Å². The first-order chi connectivity index (χ1) is 10.3. The van der Waals surface area contributed by atoms with Gasteiger partial charge in [0.25, 0.3) is 0 Å². The maximum Gasteiger partial charge on any atom is 0.573 e. The lowest BCUT2D eigenvalue weighted by Gasteiger charge is -2.16. The number of benzene rings is 2. The number of nitrogens with two attached hydrogens (primary N) is 1. The molecular weight excluding hydrogens is 338 g/mol. The highest BCUT2D eigenvalue weighted by Crippen LogP contribution is 2.29. The number of halogens is 5. The van der Waals surface area contributed by atoms with Crippen molar-refractivity contribution >= 4 is 12.4 Å². The van der Waals surface area contributed by atoms with Gasteiger partial charge in [-0.2, -0.15) is 0 Å². The summed E-state index contributed by atoms with van der Waals surface area (Å²) < 4.78 is 59.0. The maximum atomic E-state index is 14.1. The topological polar surface area (TPSA) is 44.5 Å². The molecule has 8 heteroatoms. The largest absolute Gasteiger partial charge is 0.573 e. The summed E-state index contributed by atoms with van der Waals surface area (Å²) >= 11 is 0. The van der Waals surface area contributed by atoms with Crippen LogP contribution in [0.25, 0.3) is 0 Å². The van der Waals surface area contributed by atoms with Gasteiger partial charge < -0.3 is 15.2 Å². The van der Waals surface area contributed by atoms with Gasteiger partial charge in [-0.3, -0.25) is 0 Å². The van der Waals surface area contributed by atoms with E-state index in [1.54, 1.807) is 6.07 Å². The van der Waals surface area contributed by atoms with Crippen LogP contribution in [0, 0.1) is 5.82 Å². The van der Waals surface area contributed by atoms with E-state index in [4.69, 9.17) is 10.5 Å². The summed E-state index contributed by atoms with van der Waals surface area (Å²) in [4.78, 5) is 0. The fourth-order valence-electron chi connectivity index (χ4n) is 1.98. The van der Waals surface area contributed by atoms with Gasteiger partial charge >= 0.3 is 6.36 Å². The van der Waals surface area contributed by atoms with Gasteiger partial charge in [-0.15, -0.1) is 25.6 Å². The minimum atomic E-state index is -4.76. The SMILES string of the molecule is COc1cccc([C@@H](N)c2ccc(OC(F)(F)F)cc2)c1F.Cl. The normalized spacial score (nSPS) is 12.3. The molecule has 0 aliphatic carbocycles. The summed E-state index contributed by atoms with van der Waals surface area (Å²) in [6.07, 6.45) is -4.76. The van der Waals surface area contributed by atoms with Gasteiger partial charge in [-0.25, -0.2) is 4.39 Å². The van der Waals surface area contributed by atoms with Crippen molar-refractivity contribution in [1.82, 2.24) is 0 Å². The van der Waals surface area contributed by atoms with Gasteiger partial charge in [-0.1, -0.05) is 24.3 Å². The molecule has 0 saturated carbocycles. The Morgan fingerprint density at radius 1 is 1.04 bits per heavy atom. The van der Waals surface area contributed by atoms with Gasteiger partial charge in [0.15, 0.2) is 11.6 Å². The summed E-state index contributed by atoms with van der Waals surface area (Å²) in [6.45, 7) is 0. The van der Waals surface area contributed by atoms with Crippen LogP contribution < -0.4 is 15.2 Å². The number of ether oxygens (including phenoxy) is 2. The zero-order chi connectivity index (χ0) is 16.3. The third kappa shape index (κ3) is 4.74. The highest BCUT2D eigenvalue weighted by atomic mass is 35.5. The van der Waals surface area contributed by atoms with Crippen molar-refractivity contribution in [2.24, 2.45) is 5.73 Å². The second kappa shape index (κ2) is 7.52. The molecule has 0 heterocycles. The summed E-state index contributed by atoms with van der Waals surface area (Å²) in [7, 11) is 1.33. The standard InChI is InChI=1S/C15H13F4NO2.ClH/c1-21-12-4-2-3-11(13(12)16)14(20)9-5-7-10(8-6-9)22-15(17,18)19;/h2-8,14H,20H2,1H3;1H/t14-;/m0./s1. The molecule has 2 N–H and O–H groups in total. The van der Waals surface area contributed by atoms with Crippen molar-refractivity contribution in [3.8, 4) is 11.5 Å². The van der Waals surface area contributed by atoms with Gasteiger partial charge in [0, 0.05) is 5.56 Å². The third-order valence-corrected chi connectivity index (χ3v) is 3.02. The van der Waals surface area contributed by atoms with Crippen molar-refractivity contribution in [2.75, 3.05) is 7.11 Å². The fraction of sp³-hybridized carbons (Fsp3) is 0.200. The minimum absolute atomic E-state index is 0. The average molecular weight is 352 g/mol.